The second-order valence-corrected chi connectivity index (χ2v) is 16.7. The van der Waals surface area contributed by atoms with E-state index >= 15 is 0 Å². The van der Waals surface area contributed by atoms with Crippen molar-refractivity contribution < 1.29 is 29.0 Å². The number of carbonyl (C=O) groups excluding carboxylic acids is 4. The van der Waals surface area contributed by atoms with E-state index in [0.717, 1.165) is 33.8 Å². The zero-order valence-electron chi connectivity index (χ0n) is 35.2. The van der Waals surface area contributed by atoms with Gasteiger partial charge in [0.1, 0.15) is 12.1 Å². The number of urea groups is 1. The van der Waals surface area contributed by atoms with Gasteiger partial charge in [0.2, 0.25) is 11.8 Å². The first-order valence-electron chi connectivity index (χ1n) is 20.3. The van der Waals surface area contributed by atoms with Crippen molar-refractivity contribution >= 4 is 23.9 Å². The van der Waals surface area contributed by atoms with E-state index in [1.54, 1.807) is 16.0 Å². The Morgan fingerprint density at radius 3 is 2.15 bits per heavy atom. The highest BCUT2D eigenvalue weighted by Gasteiger charge is 2.41. The van der Waals surface area contributed by atoms with Crippen LogP contribution in [0.4, 0.5) is 9.59 Å². The molecule has 0 radical (unpaired) electrons. The standard InChI is InChI=1S/C46H59N7O6/c1-30(2)40(53-25-24-52(45(53)58)29-35-17-13-14-31(3)48-35)42(55)50-38(27-32-15-9-8-10-16-32)39(54)28-36(49-43(56)41(46(4,5)6)51-44(57)59-7)26-33-19-21-34(22-20-33)37-18-11-12-23-47-37/h8-23,30,36,38-41,54H,24-29H2,1-7H3,(H,49,56)(H,50,55)(H,51,57). The van der Waals surface area contributed by atoms with Gasteiger partial charge in [0.05, 0.1) is 37.2 Å². The molecule has 1 aliphatic rings. The minimum atomic E-state index is -1.13. The van der Waals surface area contributed by atoms with Crippen LogP contribution in [0.3, 0.4) is 0 Å². The fraction of sp³-hybridized carbons (Fsp3) is 0.435. The number of pyridine rings is 2. The van der Waals surface area contributed by atoms with Gasteiger partial charge in [-0.2, -0.15) is 0 Å². The predicted molar refractivity (Wildman–Crippen MR) is 227 cm³/mol. The van der Waals surface area contributed by atoms with E-state index in [2.05, 4.69) is 25.9 Å². The summed E-state index contributed by atoms with van der Waals surface area (Å²) < 4.78 is 4.83. The van der Waals surface area contributed by atoms with Crippen molar-refractivity contribution in [1.82, 2.24) is 35.7 Å². The van der Waals surface area contributed by atoms with Crippen LogP contribution in [0.1, 0.15) is 63.6 Å². The number of nitrogens with one attached hydrogen (secondary N) is 3. The second-order valence-electron chi connectivity index (χ2n) is 16.7. The molecule has 1 aliphatic heterocycles. The van der Waals surface area contributed by atoms with Crippen molar-refractivity contribution in [2.24, 2.45) is 11.3 Å². The normalized spacial score (nSPS) is 15.6. The largest absolute Gasteiger partial charge is 0.453 e. The number of aromatic nitrogens is 2. The van der Waals surface area contributed by atoms with Crippen LogP contribution in [0.15, 0.2) is 97.2 Å². The number of amides is 5. The van der Waals surface area contributed by atoms with Crippen LogP contribution in [-0.4, -0.2) is 99.3 Å². The van der Waals surface area contributed by atoms with Crippen molar-refractivity contribution in [3.8, 4) is 11.3 Å². The van der Waals surface area contributed by atoms with Crippen molar-refractivity contribution in [3.63, 3.8) is 0 Å². The average molecular weight is 806 g/mol. The van der Waals surface area contributed by atoms with Crippen LogP contribution in [0.2, 0.25) is 0 Å². The molecular weight excluding hydrogens is 747 g/mol. The van der Waals surface area contributed by atoms with Crippen LogP contribution in [0, 0.1) is 18.3 Å². The van der Waals surface area contributed by atoms with E-state index < -0.39 is 47.7 Å². The molecule has 2 aromatic carbocycles. The Labute approximate surface area is 348 Å². The highest BCUT2D eigenvalue weighted by molar-refractivity contribution is 5.88. The Morgan fingerprint density at radius 2 is 1.53 bits per heavy atom. The molecule has 13 nitrogen and oxygen atoms in total. The number of benzene rings is 2. The van der Waals surface area contributed by atoms with Crippen LogP contribution in [0.5, 0.6) is 0 Å². The molecule has 5 amide bonds. The Kier molecular flexibility index (Phi) is 15.2. The summed E-state index contributed by atoms with van der Waals surface area (Å²) in [5.41, 5.74) is 4.51. The van der Waals surface area contributed by atoms with Gasteiger partial charge in [0.25, 0.3) is 0 Å². The molecule has 0 saturated carbocycles. The molecule has 59 heavy (non-hydrogen) atoms. The molecule has 0 spiro atoms. The van der Waals surface area contributed by atoms with Gasteiger partial charge in [-0.3, -0.25) is 19.6 Å². The summed E-state index contributed by atoms with van der Waals surface area (Å²) in [7, 11) is 1.24. The van der Waals surface area contributed by atoms with Gasteiger partial charge >= 0.3 is 12.1 Å². The molecule has 5 atom stereocenters. The third-order valence-electron chi connectivity index (χ3n) is 10.6. The van der Waals surface area contributed by atoms with Crippen LogP contribution >= 0.6 is 0 Å². The van der Waals surface area contributed by atoms with Crippen molar-refractivity contribution in [2.75, 3.05) is 20.2 Å². The van der Waals surface area contributed by atoms with Crippen molar-refractivity contribution in [1.29, 1.82) is 0 Å². The van der Waals surface area contributed by atoms with E-state index in [9.17, 15) is 24.3 Å². The fourth-order valence-corrected chi connectivity index (χ4v) is 7.53. The summed E-state index contributed by atoms with van der Waals surface area (Å²) in [6.45, 7) is 12.4. The fourth-order valence-electron chi connectivity index (χ4n) is 7.53. The monoisotopic (exact) mass is 805 g/mol. The van der Waals surface area contributed by atoms with Gasteiger partial charge in [-0.05, 0) is 72.9 Å². The Morgan fingerprint density at radius 1 is 0.831 bits per heavy atom. The first-order valence-corrected chi connectivity index (χ1v) is 20.3. The second kappa shape index (κ2) is 20.2. The van der Waals surface area contributed by atoms with Gasteiger partial charge in [-0.25, -0.2) is 9.59 Å². The molecule has 5 rings (SSSR count). The number of hydrogen-bond donors (Lipinski definition) is 4. The molecule has 4 N–H and O–H groups in total. The molecule has 5 unspecified atom stereocenters. The molecule has 0 aliphatic carbocycles. The minimum Gasteiger partial charge on any atom is -0.453 e. The molecular formula is C46H59N7O6. The lowest BCUT2D eigenvalue weighted by atomic mass is 9.85. The number of carbonyl (C=O) groups is 4. The molecule has 314 valence electrons. The van der Waals surface area contributed by atoms with Crippen LogP contribution in [-0.2, 0) is 33.7 Å². The van der Waals surface area contributed by atoms with E-state index in [0.29, 0.717) is 32.5 Å². The quantitative estimate of drug-likeness (QED) is 0.106. The molecule has 1 saturated heterocycles. The van der Waals surface area contributed by atoms with E-state index in [-0.39, 0.29) is 24.3 Å². The molecule has 1 fully saturated rings. The maximum absolute atomic E-state index is 14.4. The zero-order valence-corrected chi connectivity index (χ0v) is 35.2. The first kappa shape index (κ1) is 44.3. The lowest BCUT2D eigenvalue weighted by Gasteiger charge is -2.34. The maximum Gasteiger partial charge on any atom is 0.407 e. The number of aliphatic hydroxyl groups is 1. The molecule has 13 heteroatoms. The summed E-state index contributed by atoms with van der Waals surface area (Å²) in [6, 6.07) is 25.4. The minimum absolute atomic E-state index is 0.0624. The van der Waals surface area contributed by atoms with Gasteiger partial charge in [-0.1, -0.05) is 101 Å². The van der Waals surface area contributed by atoms with E-state index in [1.165, 1.54) is 7.11 Å². The number of ether oxygens (including phenoxy) is 1. The highest BCUT2D eigenvalue weighted by Crippen LogP contribution is 2.24. The van der Waals surface area contributed by atoms with Gasteiger partial charge in [0.15, 0.2) is 0 Å². The Balaban J connectivity index is 1.40. The number of rotatable bonds is 17. The topological polar surface area (TPSA) is 166 Å². The lowest BCUT2D eigenvalue weighted by molar-refractivity contribution is -0.129. The van der Waals surface area contributed by atoms with Gasteiger partial charge in [0, 0.05) is 36.6 Å². The number of nitrogens with zero attached hydrogens (tertiary/aromatic N) is 4. The van der Waals surface area contributed by atoms with Crippen molar-refractivity contribution in [2.45, 2.75) is 97.6 Å². The summed E-state index contributed by atoms with van der Waals surface area (Å²) in [5, 5.41) is 21.1. The van der Waals surface area contributed by atoms with Crippen LogP contribution < -0.4 is 16.0 Å². The number of alkyl carbamates (subject to hydrolysis) is 1. The van der Waals surface area contributed by atoms with Gasteiger partial charge in [-0.15, -0.1) is 0 Å². The molecule has 4 aromatic rings. The molecule has 3 heterocycles. The van der Waals surface area contributed by atoms with E-state index in [1.807, 2.05) is 133 Å². The highest BCUT2D eigenvalue weighted by atomic mass is 16.5. The van der Waals surface area contributed by atoms with Gasteiger partial charge < -0.3 is 35.6 Å². The first-order chi connectivity index (χ1) is 28.1. The molecule has 0 bridgehead atoms. The van der Waals surface area contributed by atoms with E-state index in [4.69, 9.17) is 4.74 Å². The third kappa shape index (κ3) is 12.3. The summed E-state index contributed by atoms with van der Waals surface area (Å²) in [6.07, 6.45) is 0.566. The SMILES string of the molecule is COC(=O)NC(C(=O)NC(Cc1ccc(-c2ccccn2)cc1)CC(O)C(Cc1ccccc1)NC(=O)C(C(C)C)N1CCN(Cc2cccc(C)n2)C1=O)C(C)(C)C. The summed E-state index contributed by atoms with van der Waals surface area (Å²) in [4.78, 5) is 66.9. The summed E-state index contributed by atoms with van der Waals surface area (Å²) in [5.74, 6) is -1.04. The van der Waals surface area contributed by atoms with Crippen molar-refractivity contribution in [3.05, 3.63) is 120 Å². The maximum atomic E-state index is 14.4. The smallest absolute Gasteiger partial charge is 0.407 e. The average Bonchev–Trinajstić information content (AvgIpc) is 3.54. The Bertz CT molecular complexity index is 2010. The Hall–Kier alpha value is -5.82. The lowest BCUT2D eigenvalue weighted by Crippen LogP contribution is -2.58. The van der Waals surface area contributed by atoms with Crippen LogP contribution in [0.25, 0.3) is 11.3 Å². The zero-order chi connectivity index (χ0) is 42.7. The number of methoxy groups -OCH3 is 1. The number of aliphatic hydroxyl groups excluding tert-OH is 1. The predicted octanol–water partition coefficient (Wildman–Crippen LogP) is 5.69. The third-order valence-corrected chi connectivity index (χ3v) is 10.6. The summed E-state index contributed by atoms with van der Waals surface area (Å²) >= 11 is 0. The number of hydrogen-bond acceptors (Lipinski definition) is 8. The molecule has 2 aromatic heterocycles. The number of aryl methyl sites for hydroxylation is 1.